The summed E-state index contributed by atoms with van der Waals surface area (Å²) in [4.78, 5) is 14.1. The van der Waals surface area contributed by atoms with Gasteiger partial charge < -0.3 is 16.0 Å². The van der Waals surface area contributed by atoms with Crippen LogP contribution >= 0.6 is 0 Å². The predicted molar refractivity (Wildman–Crippen MR) is 80.0 cm³/mol. The van der Waals surface area contributed by atoms with Crippen LogP contribution in [0.25, 0.3) is 0 Å². The molecule has 1 aliphatic heterocycles. The number of carbonyl (C=O) groups excluding carboxylic acids is 1. The molecule has 4 nitrogen and oxygen atoms in total. The van der Waals surface area contributed by atoms with E-state index in [1.54, 1.807) is 0 Å². The van der Waals surface area contributed by atoms with Crippen molar-refractivity contribution in [1.29, 1.82) is 0 Å². The van der Waals surface area contributed by atoms with Gasteiger partial charge in [0, 0.05) is 6.54 Å². The molecule has 0 aromatic rings. The molecule has 0 radical (unpaired) electrons. The predicted octanol–water partition coefficient (Wildman–Crippen LogP) is 1.74. The van der Waals surface area contributed by atoms with Gasteiger partial charge in [0.2, 0.25) is 5.91 Å². The molecule has 1 atom stereocenters. The van der Waals surface area contributed by atoms with E-state index in [1.165, 1.54) is 32.4 Å². The molecule has 0 aromatic heterocycles. The van der Waals surface area contributed by atoms with Crippen LogP contribution in [-0.4, -0.2) is 42.5 Å². The molecular formula is C15H31N3O. The summed E-state index contributed by atoms with van der Waals surface area (Å²) >= 11 is 0. The smallest absolute Gasteiger partial charge is 0.237 e. The van der Waals surface area contributed by atoms with Crippen LogP contribution in [0.5, 0.6) is 0 Å². The number of nitrogens with two attached hydrogens (primary N) is 1. The molecular weight excluding hydrogens is 238 g/mol. The molecule has 1 heterocycles. The second-order valence-corrected chi connectivity index (χ2v) is 6.07. The summed E-state index contributed by atoms with van der Waals surface area (Å²) < 4.78 is 0. The molecule has 3 N–H and O–H groups in total. The Morgan fingerprint density at radius 1 is 1.37 bits per heavy atom. The molecule has 0 aliphatic carbocycles. The first-order valence-electron chi connectivity index (χ1n) is 7.79. The number of nitrogens with one attached hydrogen (secondary N) is 1. The lowest BCUT2D eigenvalue weighted by atomic mass is 9.92. The number of piperidine rings is 1. The van der Waals surface area contributed by atoms with Crippen molar-refractivity contribution < 1.29 is 4.79 Å². The highest BCUT2D eigenvalue weighted by Crippen LogP contribution is 2.21. The lowest BCUT2D eigenvalue weighted by molar-refractivity contribution is -0.124. The van der Waals surface area contributed by atoms with Crippen molar-refractivity contribution in [3.63, 3.8) is 0 Å². The van der Waals surface area contributed by atoms with Crippen molar-refractivity contribution in [2.75, 3.05) is 26.2 Å². The summed E-state index contributed by atoms with van der Waals surface area (Å²) in [6, 6.07) is 0. The molecule has 1 aliphatic rings. The second kappa shape index (κ2) is 7.85. The maximum Gasteiger partial charge on any atom is 0.237 e. The number of rotatable bonds is 8. The third-order valence-electron chi connectivity index (χ3n) is 4.52. The van der Waals surface area contributed by atoms with E-state index in [4.69, 9.17) is 5.73 Å². The van der Waals surface area contributed by atoms with E-state index in [-0.39, 0.29) is 5.91 Å². The number of likely N-dealkylation sites (tertiary alicyclic amines) is 1. The largest absolute Gasteiger partial charge is 0.368 e. The van der Waals surface area contributed by atoms with Gasteiger partial charge in [-0.25, -0.2) is 0 Å². The van der Waals surface area contributed by atoms with Crippen LogP contribution in [0.15, 0.2) is 0 Å². The minimum Gasteiger partial charge on any atom is -0.368 e. The number of amides is 1. The van der Waals surface area contributed by atoms with Crippen LogP contribution in [0.2, 0.25) is 0 Å². The molecule has 19 heavy (non-hydrogen) atoms. The summed E-state index contributed by atoms with van der Waals surface area (Å²) in [5.74, 6) is 0.668. The summed E-state index contributed by atoms with van der Waals surface area (Å²) in [5, 5.41) is 3.30. The van der Waals surface area contributed by atoms with Crippen molar-refractivity contribution in [3.05, 3.63) is 0 Å². The first kappa shape index (κ1) is 16.4. The Labute approximate surface area is 118 Å². The fraction of sp³-hybridized carbons (Fsp3) is 0.933. The maximum absolute atomic E-state index is 11.6. The van der Waals surface area contributed by atoms with E-state index in [9.17, 15) is 4.79 Å². The number of hydrogen-bond donors (Lipinski definition) is 2. The Hall–Kier alpha value is -0.610. The van der Waals surface area contributed by atoms with Crippen molar-refractivity contribution in [3.8, 4) is 0 Å². The Morgan fingerprint density at radius 3 is 2.47 bits per heavy atom. The highest BCUT2D eigenvalue weighted by Gasteiger charge is 2.31. The van der Waals surface area contributed by atoms with Gasteiger partial charge in [0.25, 0.3) is 0 Å². The fourth-order valence-corrected chi connectivity index (χ4v) is 2.70. The molecule has 0 aromatic carbocycles. The zero-order valence-electron chi connectivity index (χ0n) is 12.9. The summed E-state index contributed by atoms with van der Waals surface area (Å²) in [5.41, 5.74) is 4.99. The van der Waals surface area contributed by atoms with E-state index in [0.717, 1.165) is 31.8 Å². The van der Waals surface area contributed by atoms with Crippen LogP contribution in [0.3, 0.4) is 0 Å². The molecule has 0 bridgehead atoms. The summed E-state index contributed by atoms with van der Waals surface area (Å²) in [6.07, 6.45) is 5.72. The third kappa shape index (κ3) is 5.11. The Balaban J connectivity index is 2.38. The SMILES string of the molecule is CCCNC(C)(CCN1CCC(CC)CC1)C(N)=O. The number of hydrogen-bond acceptors (Lipinski definition) is 3. The summed E-state index contributed by atoms with van der Waals surface area (Å²) in [6.45, 7) is 10.5. The molecule has 1 saturated heterocycles. The normalized spacial score (nSPS) is 21.2. The Kier molecular flexibility index (Phi) is 6.80. The number of carbonyl (C=O) groups is 1. The molecule has 1 amide bonds. The number of primary amides is 1. The van der Waals surface area contributed by atoms with Gasteiger partial charge in [-0.15, -0.1) is 0 Å². The first-order chi connectivity index (χ1) is 9.01. The van der Waals surface area contributed by atoms with Crippen LogP contribution in [-0.2, 0) is 4.79 Å². The fourth-order valence-electron chi connectivity index (χ4n) is 2.70. The third-order valence-corrected chi connectivity index (χ3v) is 4.52. The van der Waals surface area contributed by atoms with Gasteiger partial charge in [-0.1, -0.05) is 20.3 Å². The summed E-state index contributed by atoms with van der Waals surface area (Å²) in [7, 11) is 0. The first-order valence-corrected chi connectivity index (χ1v) is 7.79. The lowest BCUT2D eigenvalue weighted by Gasteiger charge is -2.35. The lowest BCUT2D eigenvalue weighted by Crippen LogP contribution is -2.55. The highest BCUT2D eigenvalue weighted by atomic mass is 16.1. The molecule has 1 rings (SSSR count). The molecule has 1 fully saturated rings. The molecule has 1 unspecified atom stereocenters. The second-order valence-electron chi connectivity index (χ2n) is 6.07. The van der Waals surface area contributed by atoms with E-state index in [0.29, 0.717) is 0 Å². The van der Waals surface area contributed by atoms with Gasteiger partial charge in [-0.3, -0.25) is 4.79 Å². The zero-order valence-corrected chi connectivity index (χ0v) is 12.9. The van der Waals surface area contributed by atoms with E-state index in [2.05, 4.69) is 24.1 Å². The minimum atomic E-state index is -0.558. The maximum atomic E-state index is 11.6. The van der Waals surface area contributed by atoms with Gasteiger partial charge >= 0.3 is 0 Å². The standard InChI is InChI=1S/C15H31N3O/c1-4-9-17-15(3,14(16)19)8-12-18-10-6-13(5-2)7-11-18/h13,17H,4-12H2,1-3H3,(H2,16,19). The van der Waals surface area contributed by atoms with E-state index < -0.39 is 5.54 Å². The highest BCUT2D eigenvalue weighted by molar-refractivity contribution is 5.84. The van der Waals surface area contributed by atoms with Gasteiger partial charge in [-0.05, 0) is 58.2 Å². The Morgan fingerprint density at radius 2 is 2.00 bits per heavy atom. The van der Waals surface area contributed by atoms with E-state index in [1.807, 2.05) is 6.92 Å². The van der Waals surface area contributed by atoms with Crippen molar-refractivity contribution in [1.82, 2.24) is 10.2 Å². The topological polar surface area (TPSA) is 58.4 Å². The van der Waals surface area contributed by atoms with Crippen LogP contribution in [0.4, 0.5) is 0 Å². The monoisotopic (exact) mass is 269 g/mol. The molecule has 4 heteroatoms. The van der Waals surface area contributed by atoms with Crippen LogP contribution in [0.1, 0.15) is 52.9 Å². The van der Waals surface area contributed by atoms with Crippen LogP contribution < -0.4 is 11.1 Å². The van der Waals surface area contributed by atoms with Gasteiger partial charge in [0.15, 0.2) is 0 Å². The zero-order chi connectivity index (χ0) is 14.3. The van der Waals surface area contributed by atoms with E-state index >= 15 is 0 Å². The molecule has 112 valence electrons. The van der Waals surface area contributed by atoms with Crippen molar-refractivity contribution in [2.45, 2.75) is 58.4 Å². The molecule has 0 spiro atoms. The number of nitrogens with zero attached hydrogens (tertiary/aromatic N) is 1. The minimum absolute atomic E-state index is 0.232. The quantitative estimate of drug-likeness (QED) is 0.706. The van der Waals surface area contributed by atoms with Gasteiger partial charge in [0.05, 0.1) is 5.54 Å². The average molecular weight is 269 g/mol. The average Bonchev–Trinajstić information content (AvgIpc) is 2.43. The van der Waals surface area contributed by atoms with Gasteiger partial charge in [-0.2, -0.15) is 0 Å². The van der Waals surface area contributed by atoms with Crippen molar-refractivity contribution >= 4 is 5.91 Å². The molecule has 0 saturated carbocycles. The Bertz CT molecular complexity index is 275. The van der Waals surface area contributed by atoms with Gasteiger partial charge in [0.1, 0.15) is 0 Å². The van der Waals surface area contributed by atoms with Crippen molar-refractivity contribution in [2.24, 2.45) is 11.7 Å². The van der Waals surface area contributed by atoms with Crippen LogP contribution in [0, 0.1) is 5.92 Å².